The van der Waals surface area contributed by atoms with Crippen LogP contribution in [0.5, 0.6) is 0 Å². The van der Waals surface area contributed by atoms with Gasteiger partial charge in [0.2, 0.25) is 0 Å². The molecule has 4 heteroatoms. The molecule has 3 nitrogen and oxygen atoms in total. The lowest BCUT2D eigenvalue weighted by atomic mass is 9.76. The van der Waals surface area contributed by atoms with Crippen LogP contribution in [0.4, 0.5) is 0 Å². The molecular formula is C13H19BrN2O. The number of rotatable bonds is 4. The number of hydrogen-bond donors (Lipinski definition) is 0. The maximum atomic E-state index is 6.01. The van der Waals surface area contributed by atoms with Gasteiger partial charge in [0.25, 0.3) is 0 Å². The van der Waals surface area contributed by atoms with Gasteiger partial charge in [-0.05, 0) is 37.2 Å². The number of hydrogen-bond acceptors (Lipinski definition) is 2. The number of nitrogens with zero attached hydrogens (tertiary/aromatic N) is 2. The Labute approximate surface area is 111 Å². The topological polar surface area (TPSA) is 27.1 Å². The maximum Gasteiger partial charge on any atom is 0.0671 e. The van der Waals surface area contributed by atoms with Crippen molar-refractivity contribution in [3.8, 4) is 0 Å². The van der Waals surface area contributed by atoms with Gasteiger partial charge in [-0.2, -0.15) is 5.10 Å². The minimum absolute atomic E-state index is 0.296. The molecule has 1 aromatic rings. The van der Waals surface area contributed by atoms with Gasteiger partial charge in [0, 0.05) is 30.6 Å². The fourth-order valence-electron chi connectivity index (χ4n) is 3.09. The highest BCUT2D eigenvalue weighted by Crippen LogP contribution is 2.50. The first kappa shape index (κ1) is 11.7. The van der Waals surface area contributed by atoms with Crippen molar-refractivity contribution in [2.45, 2.75) is 31.8 Å². The van der Waals surface area contributed by atoms with E-state index in [2.05, 4.69) is 27.2 Å². The SMILES string of the molecule is Cn1cc(CC2(CBr)CCOC2C2CC2)cn1. The second kappa shape index (κ2) is 4.39. The minimum atomic E-state index is 0.296. The van der Waals surface area contributed by atoms with Gasteiger partial charge in [-0.1, -0.05) is 15.9 Å². The van der Waals surface area contributed by atoms with Crippen LogP contribution in [-0.2, 0) is 18.2 Å². The van der Waals surface area contributed by atoms with Crippen molar-refractivity contribution in [2.75, 3.05) is 11.9 Å². The standard InChI is InChI=1S/C13H19BrN2O/c1-16-8-10(7-15-16)6-13(9-14)4-5-17-12(13)11-2-3-11/h7-8,11-12H,2-6,9H2,1H3. The Kier molecular flexibility index (Phi) is 3.03. The Balaban J connectivity index is 1.80. The molecule has 1 aliphatic carbocycles. The summed E-state index contributed by atoms with van der Waals surface area (Å²) in [5.74, 6) is 0.812. The molecule has 2 atom stereocenters. The zero-order chi connectivity index (χ0) is 11.9. The molecule has 2 unspecified atom stereocenters. The lowest BCUT2D eigenvalue weighted by Crippen LogP contribution is -2.36. The van der Waals surface area contributed by atoms with Crippen LogP contribution >= 0.6 is 15.9 Å². The smallest absolute Gasteiger partial charge is 0.0671 e. The quantitative estimate of drug-likeness (QED) is 0.799. The maximum absolute atomic E-state index is 6.01. The summed E-state index contributed by atoms with van der Waals surface area (Å²) >= 11 is 3.73. The summed E-state index contributed by atoms with van der Waals surface area (Å²) in [6.07, 6.45) is 9.56. The van der Waals surface area contributed by atoms with Crippen molar-refractivity contribution >= 4 is 15.9 Å². The molecule has 0 aromatic carbocycles. The molecule has 0 N–H and O–H groups in total. The first-order valence-corrected chi connectivity index (χ1v) is 7.51. The second-order valence-electron chi connectivity index (χ2n) is 5.57. The molecule has 2 aliphatic rings. The van der Waals surface area contributed by atoms with Crippen LogP contribution < -0.4 is 0 Å². The number of aromatic nitrogens is 2. The lowest BCUT2D eigenvalue weighted by molar-refractivity contribution is 0.0413. The van der Waals surface area contributed by atoms with Gasteiger partial charge in [-0.15, -0.1) is 0 Å². The van der Waals surface area contributed by atoms with Crippen LogP contribution in [0.25, 0.3) is 0 Å². The van der Waals surface area contributed by atoms with E-state index in [1.165, 1.54) is 24.8 Å². The molecule has 1 aliphatic heterocycles. The van der Waals surface area contributed by atoms with Gasteiger partial charge >= 0.3 is 0 Å². The summed E-state index contributed by atoms with van der Waals surface area (Å²) in [6, 6.07) is 0. The summed E-state index contributed by atoms with van der Waals surface area (Å²) in [5, 5.41) is 5.31. The molecule has 1 saturated carbocycles. The molecule has 94 valence electrons. The summed E-state index contributed by atoms with van der Waals surface area (Å²) in [6.45, 7) is 0.924. The van der Waals surface area contributed by atoms with E-state index in [1.807, 2.05) is 17.9 Å². The largest absolute Gasteiger partial charge is 0.377 e. The second-order valence-corrected chi connectivity index (χ2v) is 6.13. The molecule has 0 amide bonds. The highest BCUT2D eigenvalue weighted by Gasteiger charge is 2.50. The Morgan fingerprint density at radius 2 is 2.41 bits per heavy atom. The monoisotopic (exact) mass is 298 g/mol. The van der Waals surface area contributed by atoms with Crippen molar-refractivity contribution in [2.24, 2.45) is 18.4 Å². The van der Waals surface area contributed by atoms with Crippen molar-refractivity contribution in [3.05, 3.63) is 18.0 Å². The normalized spacial score (nSPS) is 33.2. The van der Waals surface area contributed by atoms with Gasteiger partial charge in [0.05, 0.1) is 12.3 Å². The van der Waals surface area contributed by atoms with E-state index >= 15 is 0 Å². The van der Waals surface area contributed by atoms with Crippen LogP contribution in [0.2, 0.25) is 0 Å². The molecule has 0 bridgehead atoms. The predicted molar refractivity (Wildman–Crippen MR) is 70.2 cm³/mol. The fourth-order valence-corrected chi connectivity index (χ4v) is 3.89. The van der Waals surface area contributed by atoms with E-state index in [1.54, 1.807) is 0 Å². The summed E-state index contributed by atoms with van der Waals surface area (Å²) in [5.41, 5.74) is 1.63. The third-order valence-corrected chi connectivity index (χ3v) is 5.25. The first-order chi connectivity index (χ1) is 8.23. The van der Waals surface area contributed by atoms with Crippen molar-refractivity contribution in [1.82, 2.24) is 9.78 Å². The zero-order valence-corrected chi connectivity index (χ0v) is 11.8. The number of aryl methyl sites for hydroxylation is 1. The average molecular weight is 299 g/mol. The molecular weight excluding hydrogens is 280 g/mol. The van der Waals surface area contributed by atoms with Crippen LogP contribution in [-0.4, -0.2) is 27.8 Å². The Morgan fingerprint density at radius 3 is 3.00 bits per heavy atom. The summed E-state index contributed by atoms with van der Waals surface area (Å²) < 4.78 is 7.89. The Hall–Kier alpha value is -0.350. The minimum Gasteiger partial charge on any atom is -0.377 e. The summed E-state index contributed by atoms with van der Waals surface area (Å²) in [4.78, 5) is 0. The van der Waals surface area contributed by atoms with E-state index in [0.717, 1.165) is 24.3 Å². The lowest BCUT2D eigenvalue weighted by Gasteiger charge is -2.32. The molecule has 1 aromatic heterocycles. The molecule has 17 heavy (non-hydrogen) atoms. The van der Waals surface area contributed by atoms with E-state index in [0.29, 0.717) is 11.5 Å². The van der Waals surface area contributed by atoms with Gasteiger partial charge in [-0.3, -0.25) is 4.68 Å². The first-order valence-electron chi connectivity index (χ1n) is 6.39. The predicted octanol–water partition coefficient (Wildman–Crippen LogP) is 2.54. The van der Waals surface area contributed by atoms with Gasteiger partial charge < -0.3 is 4.74 Å². The summed E-state index contributed by atoms with van der Waals surface area (Å²) in [7, 11) is 1.98. The fraction of sp³-hybridized carbons (Fsp3) is 0.769. The molecule has 2 heterocycles. The van der Waals surface area contributed by atoms with E-state index in [-0.39, 0.29) is 0 Å². The van der Waals surface area contributed by atoms with E-state index in [4.69, 9.17) is 4.74 Å². The van der Waals surface area contributed by atoms with Crippen LogP contribution in [0.1, 0.15) is 24.8 Å². The number of ether oxygens (including phenoxy) is 1. The Morgan fingerprint density at radius 1 is 1.59 bits per heavy atom. The van der Waals surface area contributed by atoms with Crippen molar-refractivity contribution < 1.29 is 4.74 Å². The number of halogens is 1. The highest BCUT2D eigenvalue weighted by atomic mass is 79.9. The van der Waals surface area contributed by atoms with Crippen LogP contribution in [0, 0.1) is 11.3 Å². The number of alkyl halides is 1. The van der Waals surface area contributed by atoms with Gasteiger partial charge in [0.1, 0.15) is 0 Å². The average Bonchev–Trinajstić information content (AvgIpc) is 2.96. The Bertz CT molecular complexity index is 402. The molecule has 0 radical (unpaired) electrons. The molecule has 2 fully saturated rings. The third kappa shape index (κ3) is 2.17. The van der Waals surface area contributed by atoms with Crippen LogP contribution in [0.3, 0.4) is 0 Å². The molecule has 1 saturated heterocycles. The van der Waals surface area contributed by atoms with Crippen LogP contribution in [0.15, 0.2) is 12.4 Å². The molecule has 3 rings (SSSR count). The highest BCUT2D eigenvalue weighted by molar-refractivity contribution is 9.09. The van der Waals surface area contributed by atoms with Gasteiger partial charge in [0.15, 0.2) is 0 Å². The third-order valence-electron chi connectivity index (χ3n) is 4.13. The zero-order valence-electron chi connectivity index (χ0n) is 10.2. The van der Waals surface area contributed by atoms with E-state index < -0.39 is 0 Å². The van der Waals surface area contributed by atoms with Crippen molar-refractivity contribution in [3.63, 3.8) is 0 Å². The van der Waals surface area contributed by atoms with Crippen molar-refractivity contribution in [1.29, 1.82) is 0 Å². The van der Waals surface area contributed by atoms with E-state index in [9.17, 15) is 0 Å². The van der Waals surface area contributed by atoms with Gasteiger partial charge in [-0.25, -0.2) is 0 Å². The molecule has 0 spiro atoms.